The molecule has 3 heterocycles. The number of carbonyl (C=O) groups excluding carboxylic acids is 1. The number of halogens is 4. The number of ether oxygens (including phenoxy) is 1. The maximum Gasteiger partial charge on any atom is 0.318 e. The number of thiophene rings is 1. The van der Waals surface area contributed by atoms with Crippen LogP contribution in [-0.4, -0.2) is 59.7 Å². The molecule has 4 aromatic rings. The van der Waals surface area contributed by atoms with Crippen molar-refractivity contribution in [1.29, 1.82) is 5.26 Å². The lowest BCUT2D eigenvalue weighted by Crippen LogP contribution is -2.54. The number of nitrogens with zero attached hydrogens (tertiary/aromatic N) is 5. The Balaban J connectivity index is 0.000000413. The molecule has 0 radical (unpaired) electrons. The minimum atomic E-state index is -0.730. The summed E-state index contributed by atoms with van der Waals surface area (Å²) >= 11 is 7.95. The van der Waals surface area contributed by atoms with E-state index in [1.807, 2.05) is 32.6 Å². The second-order valence-electron chi connectivity index (χ2n) is 14.1. The van der Waals surface area contributed by atoms with E-state index < -0.39 is 17.8 Å². The summed E-state index contributed by atoms with van der Waals surface area (Å²) in [5, 5.41) is 10.8. The second-order valence-corrected chi connectivity index (χ2v) is 15.6. The molecule has 286 valence electrons. The molecule has 1 amide bonds. The van der Waals surface area contributed by atoms with Crippen molar-refractivity contribution in [2.75, 3.05) is 31.6 Å². The van der Waals surface area contributed by atoms with Crippen molar-refractivity contribution >= 4 is 55.7 Å². The van der Waals surface area contributed by atoms with Gasteiger partial charge in [-0.05, 0) is 55.4 Å². The van der Waals surface area contributed by atoms with Gasteiger partial charge in [-0.25, -0.2) is 13.2 Å². The Morgan fingerprint density at radius 1 is 1.19 bits per heavy atom. The summed E-state index contributed by atoms with van der Waals surface area (Å²) in [5.74, 6) is -0.406. The molecule has 3 atom stereocenters. The maximum atomic E-state index is 16.5. The highest BCUT2D eigenvalue weighted by Crippen LogP contribution is 2.46. The summed E-state index contributed by atoms with van der Waals surface area (Å²) in [6.07, 6.45) is 8.60. The Morgan fingerprint density at radius 2 is 1.92 bits per heavy atom. The molecule has 1 aliphatic heterocycles. The average Bonchev–Trinajstić information content (AvgIpc) is 3.55. The lowest BCUT2D eigenvalue weighted by Gasteiger charge is -2.40. The molecule has 2 aromatic carbocycles. The Labute approximate surface area is 320 Å². The third kappa shape index (κ3) is 9.44. The first-order valence-corrected chi connectivity index (χ1v) is 19.7. The topological polar surface area (TPSA) is 82.3 Å². The molecule has 1 fully saturated rings. The van der Waals surface area contributed by atoms with Crippen molar-refractivity contribution in [3.8, 4) is 23.2 Å². The number of nitriles is 1. The molecule has 2 aromatic heterocycles. The van der Waals surface area contributed by atoms with Crippen LogP contribution in [0.4, 0.5) is 19.0 Å². The monoisotopic (exact) mass is 769 g/mol. The van der Waals surface area contributed by atoms with Gasteiger partial charge in [0.05, 0.1) is 22.4 Å². The van der Waals surface area contributed by atoms with Crippen LogP contribution in [0.15, 0.2) is 30.9 Å². The summed E-state index contributed by atoms with van der Waals surface area (Å²) in [5.41, 5.74) is 0.616. The summed E-state index contributed by atoms with van der Waals surface area (Å²) in [6, 6.07) is 6.31. The summed E-state index contributed by atoms with van der Waals surface area (Å²) in [4.78, 5) is 25.4. The lowest BCUT2D eigenvalue weighted by molar-refractivity contribution is -0.128. The molecule has 1 aliphatic rings. The number of aromatic nitrogens is 2. The third-order valence-corrected chi connectivity index (χ3v) is 11.6. The van der Waals surface area contributed by atoms with Crippen LogP contribution < -0.4 is 9.64 Å². The zero-order valence-corrected chi connectivity index (χ0v) is 33.4. The van der Waals surface area contributed by atoms with Crippen molar-refractivity contribution in [1.82, 2.24) is 14.9 Å². The third-order valence-electron chi connectivity index (χ3n) is 9.78. The standard InChI is InChI=1S/C29H26ClF2N5O2S.C12H25F/c1-6-21(38)37-10-9-36(13-15(37)4)28-17-11-19(30)23(24(32)25(17)34-29(35-28)39-5)16-7-8-20(31)27-22(16)18(12-33)26(40-27)14(2)3;1-4-6-7-8-9-11(3)10-12(13)5-2/h6-8,11,14-15H,1,9-10,13H2,2-5H3;11-12H,4-10H2,1-3H3. The molecule has 0 bridgehead atoms. The van der Waals surface area contributed by atoms with Crippen LogP contribution in [0, 0.1) is 28.9 Å². The summed E-state index contributed by atoms with van der Waals surface area (Å²) in [7, 11) is 1.39. The van der Waals surface area contributed by atoms with E-state index in [4.69, 9.17) is 16.3 Å². The largest absolute Gasteiger partial charge is 0.467 e. The van der Waals surface area contributed by atoms with E-state index >= 15 is 4.39 Å². The zero-order valence-electron chi connectivity index (χ0n) is 31.9. The molecule has 0 aliphatic carbocycles. The van der Waals surface area contributed by atoms with Crippen LogP contribution in [0.5, 0.6) is 6.01 Å². The number of hydrogen-bond acceptors (Lipinski definition) is 7. The summed E-state index contributed by atoms with van der Waals surface area (Å²) in [6.45, 7) is 17.0. The lowest BCUT2D eigenvalue weighted by atomic mass is 9.95. The van der Waals surface area contributed by atoms with Crippen molar-refractivity contribution < 1.29 is 22.7 Å². The normalized spacial score (nSPS) is 15.6. The van der Waals surface area contributed by atoms with Gasteiger partial charge in [-0.1, -0.05) is 91.0 Å². The van der Waals surface area contributed by atoms with Crippen LogP contribution in [0.25, 0.3) is 32.1 Å². The number of anilines is 1. The Bertz CT molecular complexity index is 1960. The molecular formula is C41H51ClF3N5O2S. The van der Waals surface area contributed by atoms with E-state index in [2.05, 4.69) is 36.5 Å². The minimum absolute atomic E-state index is 0.0187. The molecule has 0 saturated carbocycles. The Kier molecular flexibility index (Phi) is 15.0. The van der Waals surface area contributed by atoms with E-state index in [1.165, 1.54) is 68.8 Å². The SMILES string of the molecule is C=CC(=O)N1CCN(c2nc(OC)nc3c(F)c(-c4ccc(F)c5sc(C(C)C)c(C#N)c45)c(Cl)cc23)CC1C.CCCCCCC(C)CC(F)CC. The van der Waals surface area contributed by atoms with Crippen molar-refractivity contribution in [3.05, 3.63) is 58.0 Å². The molecule has 0 spiro atoms. The number of amides is 1. The van der Waals surface area contributed by atoms with Gasteiger partial charge in [0.25, 0.3) is 0 Å². The summed E-state index contributed by atoms with van der Waals surface area (Å²) < 4.78 is 50.0. The highest BCUT2D eigenvalue weighted by molar-refractivity contribution is 7.19. The quantitative estimate of drug-likeness (QED) is 0.0995. The average molecular weight is 770 g/mol. The van der Waals surface area contributed by atoms with Crippen molar-refractivity contribution in [3.63, 3.8) is 0 Å². The van der Waals surface area contributed by atoms with Gasteiger partial charge in [0, 0.05) is 46.9 Å². The number of piperazine rings is 1. The number of unbranched alkanes of at least 4 members (excludes halogenated alkanes) is 3. The molecule has 0 N–H and O–H groups in total. The molecule has 53 heavy (non-hydrogen) atoms. The first kappa shape index (κ1) is 41.9. The van der Waals surface area contributed by atoms with Crippen LogP contribution in [0.2, 0.25) is 5.02 Å². The minimum Gasteiger partial charge on any atom is -0.467 e. The number of benzene rings is 2. The van der Waals surface area contributed by atoms with Gasteiger partial charge in [-0.3, -0.25) is 4.79 Å². The number of hydrogen-bond donors (Lipinski definition) is 0. The van der Waals surface area contributed by atoms with Crippen molar-refractivity contribution in [2.24, 2.45) is 5.92 Å². The fourth-order valence-electron chi connectivity index (χ4n) is 6.89. The fourth-order valence-corrected chi connectivity index (χ4v) is 8.37. The van der Waals surface area contributed by atoms with Gasteiger partial charge in [-0.15, -0.1) is 11.3 Å². The van der Waals surface area contributed by atoms with Gasteiger partial charge >= 0.3 is 6.01 Å². The molecule has 12 heteroatoms. The fraction of sp³-hybridized carbons (Fsp3) is 0.512. The van der Waals surface area contributed by atoms with Gasteiger partial charge < -0.3 is 14.5 Å². The highest BCUT2D eigenvalue weighted by atomic mass is 35.5. The van der Waals surface area contributed by atoms with Gasteiger partial charge in [0.1, 0.15) is 29.4 Å². The molecule has 1 saturated heterocycles. The molecular weight excluding hydrogens is 719 g/mol. The highest BCUT2D eigenvalue weighted by Gasteiger charge is 2.30. The maximum absolute atomic E-state index is 16.5. The van der Waals surface area contributed by atoms with Crippen LogP contribution in [0.3, 0.4) is 0 Å². The first-order chi connectivity index (χ1) is 25.3. The predicted octanol–water partition coefficient (Wildman–Crippen LogP) is 11.4. The van der Waals surface area contributed by atoms with Crippen LogP contribution in [-0.2, 0) is 4.79 Å². The Morgan fingerprint density at radius 3 is 2.53 bits per heavy atom. The molecule has 3 unspecified atom stereocenters. The number of alkyl halides is 1. The predicted molar refractivity (Wildman–Crippen MR) is 212 cm³/mol. The number of fused-ring (bicyclic) bond motifs is 2. The van der Waals surface area contributed by atoms with Crippen LogP contribution in [0.1, 0.15) is 103 Å². The van der Waals surface area contributed by atoms with Gasteiger partial charge in [0.2, 0.25) is 5.91 Å². The number of carbonyl (C=O) groups is 1. The second kappa shape index (κ2) is 18.9. The zero-order chi connectivity index (χ0) is 39.0. The number of methoxy groups -OCH3 is 1. The van der Waals surface area contributed by atoms with E-state index in [0.29, 0.717) is 59.7 Å². The molecule has 7 nitrogen and oxygen atoms in total. The van der Waals surface area contributed by atoms with E-state index in [0.717, 1.165) is 11.3 Å². The van der Waals surface area contributed by atoms with Crippen LogP contribution >= 0.6 is 22.9 Å². The van der Waals surface area contributed by atoms with E-state index in [-0.39, 0.29) is 44.7 Å². The smallest absolute Gasteiger partial charge is 0.318 e. The first-order valence-electron chi connectivity index (χ1n) is 18.5. The van der Waals surface area contributed by atoms with Gasteiger partial charge in [-0.2, -0.15) is 15.2 Å². The van der Waals surface area contributed by atoms with E-state index in [9.17, 15) is 18.8 Å². The number of rotatable bonds is 13. The Hall–Kier alpha value is -3.88. The van der Waals surface area contributed by atoms with E-state index in [1.54, 1.807) is 11.0 Å². The van der Waals surface area contributed by atoms with Crippen molar-refractivity contribution in [2.45, 2.75) is 105 Å². The van der Waals surface area contributed by atoms with Gasteiger partial charge in [0.15, 0.2) is 5.82 Å². The molecule has 5 rings (SSSR count).